The highest BCUT2D eigenvalue weighted by Crippen LogP contribution is 2.39. The number of thiazole rings is 2. The van der Waals surface area contributed by atoms with Crippen molar-refractivity contribution >= 4 is 43.1 Å². The van der Waals surface area contributed by atoms with E-state index >= 15 is 0 Å². The van der Waals surface area contributed by atoms with Crippen LogP contribution in [0.1, 0.15) is 0 Å². The first-order valence-electron chi connectivity index (χ1n) is 5.69. The third-order valence-electron chi connectivity index (χ3n) is 3.25. The van der Waals surface area contributed by atoms with Gasteiger partial charge in [-0.1, -0.05) is 18.2 Å². The van der Waals surface area contributed by atoms with Crippen LogP contribution < -0.4 is 0 Å². The van der Waals surface area contributed by atoms with Gasteiger partial charge in [-0.2, -0.15) is 0 Å². The molecule has 0 saturated heterocycles. The predicted octanol–water partition coefficient (Wildman–Crippen LogP) is 4.55. The maximum atomic E-state index is 4.73. The van der Waals surface area contributed by atoms with Gasteiger partial charge in [-0.25, -0.2) is 9.97 Å². The van der Waals surface area contributed by atoms with Crippen molar-refractivity contribution < 1.29 is 0 Å². The maximum Gasteiger partial charge on any atom is 0.124 e. The van der Waals surface area contributed by atoms with Crippen molar-refractivity contribution in [2.75, 3.05) is 0 Å². The number of hydrogen-bond donors (Lipinski definition) is 0. The molecule has 8 bridgehead atoms. The van der Waals surface area contributed by atoms with Crippen LogP contribution in [-0.2, 0) is 0 Å². The van der Waals surface area contributed by atoms with E-state index in [4.69, 9.17) is 9.97 Å². The molecule has 4 heterocycles. The summed E-state index contributed by atoms with van der Waals surface area (Å²) >= 11 is 3.49. The first-order valence-corrected chi connectivity index (χ1v) is 7.32. The smallest absolute Gasteiger partial charge is 0.124 e. The maximum absolute atomic E-state index is 4.73. The van der Waals surface area contributed by atoms with Gasteiger partial charge >= 0.3 is 0 Å². The van der Waals surface area contributed by atoms with Gasteiger partial charge in [-0.15, -0.1) is 22.7 Å². The SMILES string of the molecule is c1cc2cc(c1)-c1nc3cc4sc-2nc4cc3s1. The van der Waals surface area contributed by atoms with Crippen LogP contribution >= 0.6 is 22.7 Å². The van der Waals surface area contributed by atoms with E-state index in [-0.39, 0.29) is 0 Å². The van der Waals surface area contributed by atoms with Crippen LogP contribution in [0.25, 0.3) is 41.6 Å². The number of hydrogen-bond acceptors (Lipinski definition) is 4. The van der Waals surface area contributed by atoms with Gasteiger partial charge in [-0.3, -0.25) is 0 Å². The van der Waals surface area contributed by atoms with E-state index in [1.165, 1.54) is 20.5 Å². The van der Waals surface area contributed by atoms with Crippen LogP contribution in [0, 0.1) is 0 Å². The lowest BCUT2D eigenvalue weighted by Gasteiger charge is -2.00. The first kappa shape index (κ1) is 9.19. The van der Waals surface area contributed by atoms with Crippen LogP contribution in [0.15, 0.2) is 36.4 Å². The normalized spacial score (nSPS) is 12.4. The molecule has 0 fully saturated rings. The van der Waals surface area contributed by atoms with E-state index in [0.29, 0.717) is 0 Å². The van der Waals surface area contributed by atoms with E-state index < -0.39 is 0 Å². The number of benzene rings is 2. The molecular formula is C14H6N2S2. The summed E-state index contributed by atoms with van der Waals surface area (Å²) in [7, 11) is 0. The third-order valence-corrected chi connectivity index (χ3v) is 5.39. The van der Waals surface area contributed by atoms with E-state index in [2.05, 4.69) is 36.4 Å². The summed E-state index contributed by atoms with van der Waals surface area (Å²) in [6, 6.07) is 12.8. The lowest BCUT2D eigenvalue weighted by atomic mass is 10.1. The average Bonchev–Trinajstić information content (AvgIpc) is 2.97. The molecule has 0 spiro atoms. The molecule has 84 valence electrons. The Hall–Kier alpha value is -1.78. The third kappa shape index (κ3) is 1.07. The molecule has 6 rings (SSSR count). The highest BCUT2D eigenvalue weighted by atomic mass is 32.1. The molecule has 2 aliphatic heterocycles. The Morgan fingerprint density at radius 1 is 0.722 bits per heavy atom. The van der Waals surface area contributed by atoms with Gasteiger partial charge in [0, 0.05) is 11.1 Å². The molecule has 0 amide bonds. The highest BCUT2D eigenvalue weighted by molar-refractivity contribution is 7.23. The van der Waals surface area contributed by atoms with Gasteiger partial charge in [-0.05, 0) is 18.2 Å². The van der Waals surface area contributed by atoms with E-state index in [0.717, 1.165) is 21.0 Å². The molecule has 0 unspecified atom stereocenters. The molecule has 0 N–H and O–H groups in total. The lowest BCUT2D eigenvalue weighted by Crippen LogP contribution is -1.79. The molecule has 0 saturated carbocycles. The van der Waals surface area contributed by atoms with Crippen LogP contribution in [0.4, 0.5) is 0 Å². The summed E-state index contributed by atoms with van der Waals surface area (Å²) in [5.74, 6) is 0. The second kappa shape index (κ2) is 2.96. The predicted molar refractivity (Wildman–Crippen MR) is 77.2 cm³/mol. The fourth-order valence-corrected chi connectivity index (χ4v) is 4.34. The van der Waals surface area contributed by atoms with Gasteiger partial charge in [0.15, 0.2) is 0 Å². The van der Waals surface area contributed by atoms with E-state index in [9.17, 15) is 0 Å². The summed E-state index contributed by atoms with van der Waals surface area (Å²) in [4.78, 5) is 9.47. The Bertz CT molecular complexity index is 813. The molecule has 0 atom stereocenters. The van der Waals surface area contributed by atoms with Crippen molar-refractivity contribution in [2.24, 2.45) is 0 Å². The standard InChI is InChI=1S/C14H6N2S2/c1-2-7-4-8(3-1)14-16-10-6-11-9(5-12(10)18-14)15-13(7)17-11/h1-6H. The second-order valence-electron chi connectivity index (χ2n) is 4.41. The van der Waals surface area contributed by atoms with E-state index in [1.54, 1.807) is 22.7 Å². The summed E-state index contributed by atoms with van der Waals surface area (Å²) in [6.07, 6.45) is 0. The molecule has 2 aliphatic rings. The second-order valence-corrected chi connectivity index (χ2v) is 6.47. The van der Waals surface area contributed by atoms with Gasteiger partial charge < -0.3 is 0 Å². The van der Waals surface area contributed by atoms with Gasteiger partial charge in [0.05, 0.1) is 20.4 Å². The van der Waals surface area contributed by atoms with Crippen LogP contribution in [0.3, 0.4) is 0 Å². The average molecular weight is 266 g/mol. The molecule has 2 aromatic carbocycles. The molecular weight excluding hydrogens is 260 g/mol. The molecule has 4 aromatic rings. The first-order chi connectivity index (χ1) is 8.87. The molecule has 2 nitrogen and oxygen atoms in total. The van der Waals surface area contributed by atoms with Crippen molar-refractivity contribution in [3.8, 4) is 21.1 Å². The largest absolute Gasteiger partial charge is 0.236 e. The highest BCUT2D eigenvalue weighted by Gasteiger charge is 2.14. The monoisotopic (exact) mass is 266 g/mol. The van der Waals surface area contributed by atoms with Crippen LogP contribution in [0.5, 0.6) is 0 Å². The van der Waals surface area contributed by atoms with Crippen molar-refractivity contribution in [1.29, 1.82) is 0 Å². The van der Waals surface area contributed by atoms with Gasteiger partial charge in [0.25, 0.3) is 0 Å². The zero-order valence-electron chi connectivity index (χ0n) is 9.18. The Balaban J connectivity index is 2.14. The Labute approximate surface area is 111 Å². The number of aromatic nitrogens is 2. The Morgan fingerprint density at radius 2 is 1.28 bits per heavy atom. The minimum Gasteiger partial charge on any atom is -0.236 e. The Morgan fingerprint density at radius 3 is 1.83 bits per heavy atom. The molecule has 2 aromatic heterocycles. The van der Waals surface area contributed by atoms with Crippen molar-refractivity contribution in [3.05, 3.63) is 36.4 Å². The minimum absolute atomic E-state index is 1.09. The zero-order chi connectivity index (χ0) is 11.7. The zero-order valence-corrected chi connectivity index (χ0v) is 10.8. The van der Waals surface area contributed by atoms with E-state index in [1.807, 2.05) is 0 Å². The van der Waals surface area contributed by atoms with Crippen LogP contribution in [-0.4, -0.2) is 9.97 Å². The molecule has 4 heteroatoms. The molecule has 18 heavy (non-hydrogen) atoms. The summed E-state index contributed by atoms with van der Waals surface area (Å²) < 4.78 is 2.45. The minimum atomic E-state index is 1.09. The summed E-state index contributed by atoms with van der Waals surface area (Å²) in [5, 5.41) is 2.20. The fraction of sp³-hybridized carbons (Fsp3) is 0. The van der Waals surface area contributed by atoms with Crippen molar-refractivity contribution in [1.82, 2.24) is 9.97 Å². The summed E-state index contributed by atoms with van der Waals surface area (Å²) in [5.41, 5.74) is 4.55. The van der Waals surface area contributed by atoms with Gasteiger partial charge in [0.2, 0.25) is 0 Å². The topological polar surface area (TPSA) is 25.8 Å². The Kier molecular flexibility index (Phi) is 1.51. The number of nitrogens with zero attached hydrogens (tertiary/aromatic N) is 2. The number of rotatable bonds is 0. The quantitative estimate of drug-likeness (QED) is 0.411. The molecule has 0 aliphatic carbocycles. The van der Waals surface area contributed by atoms with Crippen molar-refractivity contribution in [2.45, 2.75) is 0 Å². The van der Waals surface area contributed by atoms with Gasteiger partial charge in [0.1, 0.15) is 10.0 Å². The summed E-state index contributed by atoms with van der Waals surface area (Å²) in [6.45, 7) is 0. The lowest BCUT2D eigenvalue weighted by molar-refractivity contribution is 1.47. The molecule has 0 radical (unpaired) electrons. The fourth-order valence-electron chi connectivity index (χ4n) is 2.38. The van der Waals surface area contributed by atoms with Crippen molar-refractivity contribution in [3.63, 3.8) is 0 Å². The van der Waals surface area contributed by atoms with Crippen LogP contribution in [0.2, 0.25) is 0 Å².